The second kappa shape index (κ2) is 2.98. The third-order valence-corrected chi connectivity index (χ3v) is 2.43. The first-order valence-electron chi connectivity index (χ1n) is 4.42. The number of pyridine rings is 1. The number of aromatic nitrogens is 2. The van der Waals surface area contributed by atoms with Crippen LogP contribution >= 0.6 is 0 Å². The van der Waals surface area contributed by atoms with Crippen LogP contribution in [-0.4, -0.2) is 9.38 Å². The van der Waals surface area contributed by atoms with Gasteiger partial charge in [-0.3, -0.25) is 0 Å². The quantitative estimate of drug-likeness (QED) is 0.659. The molecular formula is C10H9F3N2. The van der Waals surface area contributed by atoms with Gasteiger partial charge in [0, 0.05) is 11.9 Å². The summed E-state index contributed by atoms with van der Waals surface area (Å²) < 4.78 is 38.8. The van der Waals surface area contributed by atoms with E-state index in [0.29, 0.717) is 5.65 Å². The maximum Gasteiger partial charge on any atom is 0.416 e. The molecule has 0 aliphatic carbocycles. The molecule has 0 fully saturated rings. The number of hydrogen-bond acceptors (Lipinski definition) is 1. The SMILES string of the molecule is Cc1nc2cc(C(F)(F)F)ccn2c1C. The van der Waals surface area contributed by atoms with Gasteiger partial charge in [-0.05, 0) is 26.0 Å². The molecule has 0 saturated carbocycles. The van der Waals surface area contributed by atoms with Gasteiger partial charge in [0.2, 0.25) is 0 Å². The van der Waals surface area contributed by atoms with E-state index in [1.54, 1.807) is 11.3 Å². The molecule has 0 unspecified atom stereocenters. The molecule has 2 rings (SSSR count). The minimum atomic E-state index is -4.31. The average molecular weight is 214 g/mol. The summed E-state index contributed by atoms with van der Waals surface area (Å²) >= 11 is 0. The maximum absolute atomic E-state index is 12.4. The zero-order valence-electron chi connectivity index (χ0n) is 8.26. The molecule has 0 amide bonds. The Morgan fingerprint density at radius 2 is 1.93 bits per heavy atom. The van der Waals surface area contributed by atoms with Gasteiger partial charge in [-0.15, -0.1) is 0 Å². The zero-order valence-corrected chi connectivity index (χ0v) is 8.26. The summed E-state index contributed by atoms with van der Waals surface area (Å²) in [6.07, 6.45) is -2.91. The van der Waals surface area contributed by atoms with Crippen molar-refractivity contribution >= 4 is 5.65 Å². The van der Waals surface area contributed by atoms with Gasteiger partial charge in [0.15, 0.2) is 0 Å². The minimum Gasteiger partial charge on any atom is -0.304 e. The predicted molar refractivity (Wildman–Crippen MR) is 49.7 cm³/mol. The smallest absolute Gasteiger partial charge is 0.304 e. The van der Waals surface area contributed by atoms with Crippen molar-refractivity contribution in [3.8, 4) is 0 Å². The van der Waals surface area contributed by atoms with E-state index in [1.165, 1.54) is 6.20 Å². The van der Waals surface area contributed by atoms with Crippen LogP contribution in [0.25, 0.3) is 5.65 Å². The molecule has 2 nitrogen and oxygen atoms in total. The van der Waals surface area contributed by atoms with Gasteiger partial charge in [-0.25, -0.2) is 4.98 Å². The molecule has 0 aliphatic rings. The lowest BCUT2D eigenvalue weighted by Gasteiger charge is -2.06. The topological polar surface area (TPSA) is 17.3 Å². The van der Waals surface area contributed by atoms with Crippen molar-refractivity contribution in [3.05, 3.63) is 35.3 Å². The standard InChI is InChI=1S/C10H9F3N2/c1-6-7(2)15-4-3-8(10(11,12)13)5-9(15)14-6/h3-5H,1-2H3. The lowest BCUT2D eigenvalue weighted by Crippen LogP contribution is -2.05. The fraction of sp³-hybridized carbons (Fsp3) is 0.300. The number of rotatable bonds is 0. The minimum absolute atomic E-state index is 0.333. The van der Waals surface area contributed by atoms with Crippen LogP contribution in [0, 0.1) is 13.8 Å². The number of alkyl halides is 3. The van der Waals surface area contributed by atoms with Crippen LogP contribution < -0.4 is 0 Å². The number of aryl methyl sites for hydroxylation is 2. The molecule has 2 heterocycles. The molecular weight excluding hydrogens is 205 g/mol. The van der Waals surface area contributed by atoms with E-state index < -0.39 is 11.7 Å². The van der Waals surface area contributed by atoms with Gasteiger partial charge in [0.1, 0.15) is 5.65 Å². The number of halogens is 3. The van der Waals surface area contributed by atoms with E-state index in [-0.39, 0.29) is 0 Å². The van der Waals surface area contributed by atoms with Crippen molar-refractivity contribution in [3.63, 3.8) is 0 Å². The largest absolute Gasteiger partial charge is 0.416 e. The van der Waals surface area contributed by atoms with Crippen LogP contribution in [0.4, 0.5) is 13.2 Å². The van der Waals surface area contributed by atoms with Gasteiger partial charge >= 0.3 is 6.18 Å². The van der Waals surface area contributed by atoms with Crippen molar-refractivity contribution in [2.24, 2.45) is 0 Å². The van der Waals surface area contributed by atoms with Crippen molar-refractivity contribution in [2.45, 2.75) is 20.0 Å². The highest BCUT2D eigenvalue weighted by Crippen LogP contribution is 2.29. The summed E-state index contributed by atoms with van der Waals surface area (Å²) in [4.78, 5) is 4.05. The number of nitrogens with zero attached hydrogens (tertiary/aromatic N) is 2. The van der Waals surface area contributed by atoms with E-state index in [0.717, 1.165) is 23.5 Å². The Kier molecular flexibility index (Phi) is 1.99. The fourth-order valence-corrected chi connectivity index (χ4v) is 1.46. The van der Waals surface area contributed by atoms with Gasteiger partial charge in [0.05, 0.1) is 11.3 Å². The Balaban J connectivity index is 2.67. The summed E-state index contributed by atoms with van der Waals surface area (Å²) in [7, 11) is 0. The highest BCUT2D eigenvalue weighted by molar-refractivity contribution is 5.46. The first kappa shape index (κ1) is 10.0. The predicted octanol–water partition coefficient (Wildman–Crippen LogP) is 2.97. The molecule has 0 aromatic carbocycles. The third kappa shape index (κ3) is 1.58. The molecule has 0 aliphatic heterocycles. The summed E-state index contributed by atoms with van der Waals surface area (Å²) in [5.41, 5.74) is 1.27. The molecule has 2 aromatic heterocycles. The molecule has 0 saturated heterocycles. The van der Waals surface area contributed by atoms with Gasteiger partial charge in [0.25, 0.3) is 0 Å². The Labute approximate surface area is 84.4 Å². The van der Waals surface area contributed by atoms with Crippen LogP contribution in [0.2, 0.25) is 0 Å². The Morgan fingerprint density at radius 1 is 1.27 bits per heavy atom. The van der Waals surface area contributed by atoms with Crippen molar-refractivity contribution in [1.82, 2.24) is 9.38 Å². The molecule has 0 N–H and O–H groups in total. The molecule has 0 spiro atoms. The monoisotopic (exact) mass is 214 g/mol. The van der Waals surface area contributed by atoms with Crippen LogP contribution in [-0.2, 0) is 6.18 Å². The second-order valence-corrected chi connectivity index (χ2v) is 3.42. The molecule has 0 atom stereocenters. The van der Waals surface area contributed by atoms with E-state index in [1.807, 2.05) is 6.92 Å². The Morgan fingerprint density at radius 3 is 2.53 bits per heavy atom. The second-order valence-electron chi connectivity index (χ2n) is 3.42. The van der Waals surface area contributed by atoms with E-state index in [4.69, 9.17) is 0 Å². The van der Waals surface area contributed by atoms with Crippen LogP contribution in [0.3, 0.4) is 0 Å². The first-order valence-corrected chi connectivity index (χ1v) is 4.42. The highest BCUT2D eigenvalue weighted by Gasteiger charge is 2.30. The molecule has 15 heavy (non-hydrogen) atoms. The van der Waals surface area contributed by atoms with E-state index >= 15 is 0 Å². The maximum atomic E-state index is 12.4. The number of imidazole rings is 1. The average Bonchev–Trinajstić information content (AvgIpc) is 2.41. The van der Waals surface area contributed by atoms with Crippen LogP contribution in [0.15, 0.2) is 18.3 Å². The molecule has 0 bridgehead atoms. The van der Waals surface area contributed by atoms with Gasteiger partial charge < -0.3 is 4.40 Å². The van der Waals surface area contributed by atoms with Crippen LogP contribution in [0.5, 0.6) is 0 Å². The molecule has 5 heteroatoms. The Bertz CT molecular complexity index is 511. The fourth-order valence-electron chi connectivity index (χ4n) is 1.46. The first-order chi connectivity index (χ1) is 6.89. The summed E-state index contributed by atoms with van der Waals surface area (Å²) in [5.74, 6) is 0. The van der Waals surface area contributed by atoms with Gasteiger partial charge in [-0.2, -0.15) is 13.2 Å². The molecule has 2 aromatic rings. The molecule has 0 radical (unpaired) electrons. The zero-order chi connectivity index (χ0) is 11.2. The number of hydrogen-bond donors (Lipinski definition) is 0. The van der Waals surface area contributed by atoms with Crippen molar-refractivity contribution < 1.29 is 13.2 Å². The molecule has 80 valence electrons. The lowest BCUT2D eigenvalue weighted by atomic mass is 10.2. The highest BCUT2D eigenvalue weighted by atomic mass is 19.4. The van der Waals surface area contributed by atoms with Crippen molar-refractivity contribution in [1.29, 1.82) is 0 Å². The number of fused-ring (bicyclic) bond motifs is 1. The van der Waals surface area contributed by atoms with Gasteiger partial charge in [-0.1, -0.05) is 0 Å². The summed E-state index contributed by atoms with van der Waals surface area (Å²) in [6.45, 7) is 3.60. The summed E-state index contributed by atoms with van der Waals surface area (Å²) in [6, 6.07) is 2.11. The third-order valence-electron chi connectivity index (χ3n) is 2.43. The normalized spacial score (nSPS) is 12.3. The van der Waals surface area contributed by atoms with E-state index in [2.05, 4.69) is 4.98 Å². The van der Waals surface area contributed by atoms with Crippen molar-refractivity contribution in [2.75, 3.05) is 0 Å². The van der Waals surface area contributed by atoms with Crippen LogP contribution in [0.1, 0.15) is 17.0 Å². The Hall–Kier alpha value is -1.52. The van der Waals surface area contributed by atoms with E-state index in [9.17, 15) is 13.2 Å². The summed E-state index contributed by atoms with van der Waals surface area (Å²) in [5, 5.41) is 0. The lowest BCUT2D eigenvalue weighted by molar-refractivity contribution is -0.137.